The molecular formula is C69H132N2O7P+. The summed E-state index contributed by atoms with van der Waals surface area (Å²) in [6.07, 6.45) is 74.2. The number of quaternary nitrogens is 1. The Balaban J connectivity index is 4.95. The zero-order chi connectivity index (χ0) is 57.9. The van der Waals surface area contributed by atoms with Crippen LogP contribution in [-0.2, 0) is 27.9 Å². The van der Waals surface area contributed by atoms with Crippen LogP contribution in [0.25, 0.3) is 0 Å². The number of hydrogen-bond donors (Lipinski definition) is 2. The lowest BCUT2D eigenvalue weighted by Crippen LogP contribution is -2.47. The molecule has 10 heteroatoms. The lowest BCUT2D eigenvalue weighted by atomic mass is 10.0. The van der Waals surface area contributed by atoms with Crippen molar-refractivity contribution in [3.63, 3.8) is 0 Å². The summed E-state index contributed by atoms with van der Waals surface area (Å²) >= 11 is 0. The van der Waals surface area contributed by atoms with Crippen LogP contribution in [0.5, 0.6) is 0 Å². The third-order valence-corrected chi connectivity index (χ3v) is 16.3. The summed E-state index contributed by atoms with van der Waals surface area (Å²) in [6, 6.07) is -0.852. The van der Waals surface area contributed by atoms with Crippen LogP contribution in [0.1, 0.15) is 329 Å². The molecule has 3 atom stereocenters. The molecule has 0 spiro atoms. The van der Waals surface area contributed by atoms with Crippen LogP contribution in [0.2, 0.25) is 0 Å². The molecule has 3 unspecified atom stereocenters. The number of esters is 1. The van der Waals surface area contributed by atoms with Crippen molar-refractivity contribution in [3.05, 3.63) is 48.6 Å². The lowest BCUT2D eigenvalue weighted by molar-refractivity contribution is -0.870. The van der Waals surface area contributed by atoms with Gasteiger partial charge in [-0.1, -0.05) is 314 Å². The number of ether oxygens (including phenoxy) is 1. The first-order chi connectivity index (χ1) is 38.4. The summed E-state index contributed by atoms with van der Waals surface area (Å²) < 4.78 is 30.7. The van der Waals surface area contributed by atoms with Crippen molar-refractivity contribution >= 4 is 19.7 Å². The lowest BCUT2D eigenvalue weighted by Gasteiger charge is -2.27. The van der Waals surface area contributed by atoms with Gasteiger partial charge >= 0.3 is 13.8 Å². The van der Waals surface area contributed by atoms with E-state index in [4.69, 9.17) is 13.8 Å². The Bertz CT molecular complexity index is 1490. The average Bonchev–Trinajstić information content (AvgIpc) is 3.41. The number of likely N-dealkylation sites (N-methyl/N-ethyl adjacent to an activating group) is 1. The van der Waals surface area contributed by atoms with Gasteiger partial charge in [-0.2, -0.15) is 0 Å². The number of phosphoric acid groups is 1. The van der Waals surface area contributed by atoms with Gasteiger partial charge in [-0.25, -0.2) is 4.57 Å². The summed E-state index contributed by atoms with van der Waals surface area (Å²) in [7, 11) is 1.50. The highest BCUT2D eigenvalue weighted by Gasteiger charge is 2.30. The Morgan fingerprint density at radius 2 is 0.810 bits per heavy atom. The molecule has 0 aromatic carbocycles. The molecule has 0 heterocycles. The molecule has 0 aromatic heterocycles. The molecule has 0 aromatic rings. The molecule has 79 heavy (non-hydrogen) atoms. The van der Waals surface area contributed by atoms with Crippen molar-refractivity contribution in [2.75, 3.05) is 40.9 Å². The third kappa shape index (κ3) is 60.4. The Morgan fingerprint density at radius 1 is 0.456 bits per heavy atom. The van der Waals surface area contributed by atoms with E-state index < -0.39 is 20.0 Å². The van der Waals surface area contributed by atoms with Crippen molar-refractivity contribution in [2.45, 2.75) is 341 Å². The van der Waals surface area contributed by atoms with E-state index in [-0.39, 0.29) is 25.1 Å². The van der Waals surface area contributed by atoms with E-state index in [1.54, 1.807) is 0 Å². The van der Waals surface area contributed by atoms with Gasteiger partial charge in [0.1, 0.15) is 19.3 Å². The number of amides is 1. The molecule has 0 aliphatic carbocycles. The Kier molecular flexibility index (Phi) is 57.6. The average molecular weight is 1130 g/mol. The van der Waals surface area contributed by atoms with Crippen LogP contribution in [0.3, 0.4) is 0 Å². The fourth-order valence-corrected chi connectivity index (χ4v) is 10.9. The Hall–Kier alpha value is -2.03. The highest BCUT2D eigenvalue weighted by molar-refractivity contribution is 7.47. The number of carbonyl (C=O) groups is 2. The van der Waals surface area contributed by atoms with Crippen LogP contribution < -0.4 is 5.32 Å². The van der Waals surface area contributed by atoms with Gasteiger partial charge < -0.3 is 19.4 Å². The van der Waals surface area contributed by atoms with E-state index in [0.29, 0.717) is 23.9 Å². The maximum absolute atomic E-state index is 13.5. The fraction of sp³-hybridized carbons (Fsp3) is 0.855. The van der Waals surface area contributed by atoms with Gasteiger partial charge in [-0.15, -0.1) is 0 Å². The minimum Gasteiger partial charge on any atom is -0.456 e. The van der Waals surface area contributed by atoms with E-state index in [2.05, 4.69) is 62.5 Å². The number of nitrogens with one attached hydrogen (secondary N) is 1. The molecule has 0 aliphatic heterocycles. The van der Waals surface area contributed by atoms with E-state index in [9.17, 15) is 19.0 Å². The number of allylic oxidation sites excluding steroid dienone is 7. The molecule has 0 fully saturated rings. The first kappa shape index (κ1) is 77.0. The van der Waals surface area contributed by atoms with E-state index in [0.717, 1.165) is 77.0 Å². The molecule has 2 N–H and O–H groups in total. The van der Waals surface area contributed by atoms with Crippen molar-refractivity contribution in [1.29, 1.82) is 0 Å². The van der Waals surface area contributed by atoms with Crippen LogP contribution in [0.15, 0.2) is 48.6 Å². The van der Waals surface area contributed by atoms with E-state index in [1.807, 2.05) is 33.3 Å². The largest absolute Gasteiger partial charge is 0.472 e. The minimum absolute atomic E-state index is 0.0385. The van der Waals surface area contributed by atoms with Crippen molar-refractivity contribution in [3.8, 4) is 0 Å². The van der Waals surface area contributed by atoms with Crippen LogP contribution >= 0.6 is 7.82 Å². The maximum Gasteiger partial charge on any atom is 0.472 e. The van der Waals surface area contributed by atoms with Gasteiger partial charge in [0.2, 0.25) is 5.91 Å². The van der Waals surface area contributed by atoms with Gasteiger partial charge in [0, 0.05) is 12.8 Å². The summed E-state index contributed by atoms with van der Waals surface area (Å²) in [4.78, 5) is 37.7. The summed E-state index contributed by atoms with van der Waals surface area (Å²) in [5.41, 5.74) is 0. The standard InChI is InChI=1S/C69H131N2O7P/c1-7-10-13-16-19-22-25-27-29-30-31-32-33-34-35-36-37-38-39-40-42-44-47-50-53-56-59-62-69(73)78-67(60-57-54-51-48-45-24-21-18-15-12-9-3)66(65-77-79(74,75)76-64-63-71(4,5)6)70-68(72)61-58-55-52-49-46-43-41-28-26-23-20-17-14-11-8-2/h11,14,17,20,23,26,57,60,66-67H,7-10,12-13,15-16,18-19,21-22,24-25,27-56,58-59,61-65H2,1-6H3,(H-,70,72,74,75)/p+1/b14-11+,20-17+,26-23+,60-57-. The van der Waals surface area contributed by atoms with Gasteiger partial charge in [-0.3, -0.25) is 18.6 Å². The molecule has 0 rings (SSSR count). The third-order valence-electron chi connectivity index (χ3n) is 15.3. The van der Waals surface area contributed by atoms with Crippen LogP contribution in [0.4, 0.5) is 0 Å². The normalized spacial score (nSPS) is 13.9. The van der Waals surface area contributed by atoms with Crippen molar-refractivity contribution in [1.82, 2.24) is 5.32 Å². The van der Waals surface area contributed by atoms with Crippen molar-refractivity contribution in [2.24, 2.45) is 0 Å². The van der Waals surface area contributed by atoms with E-state index >= 15 is 0 Å². The Labute approximate surface area is 490 Å². The smallest absolute Gasteiger partial charge is 0.456 e. The SMILES string of the molecule is CC/C=C/C=C/C=C/CCCCCCCCCC(=O)NC(COP(=O)(O)OCC[N+](C)(C)C)C(/C=C\CCCCCCCCCCC)OC(=O)CCCCCCCCCCCCCCCCCCCCCCCCCCCCC. The second-order valence-electron chi connectivity index (χ2n) is 24.4. The maximum atomic E-state index is 13.5. The van der Waals surface area contributed by atoms with Crippen LogP contribution in [0, 0.1) is 0 Å². The molecule has 0 saturated heterocycles. The topological polar surface area (TPSA) is 111 Å². The predicted octanol–water partition coefficient (Wildman–Crippen LogP) is 21.2. The molecule has 9 nitrogen and oxygen atoms in total. The second-order valence-corrected chi connectivity index (χ2v) is 25.8. The predicted molar refractivity (Wildman–Crippen MR) is 342 cm³/mol. The van der Waals surface area contributed by atoms with Gasteiger partial charge in [0.05, 0.1) is 33.8 Å². The number of nitrogens with zero attached hydrogens (tertiary/aromatic N) is 1. The molecule has 1 amide bonds. The fourth-order valence-electron chi connectivity index (χ4n) is 10.1. The molecule has 0 radical (unpaired) electrons. The van der Waals surface area contributed by atoms with Gasteiger partial charge in [0.15, 0.2) is 0 Å². The number of phosphoric ester groups is 1. The zero-order valence-corrected chi connectivity index (χ0v) is 54.0. The zero-order valence-electron chi connectivity index (χ0n) is 53.1. The number of hydrogen-bond acceptors (Lipinski definition) is 6. The second kappa shape index (κ2) is 59.1. The van der Waals surface area contributed by atoms with Crippen molar-refractivity contribution < 1.29 is 37.3 Å². The molecule has 464 valence electrons. The minimum atomic E-state index is -4.45. The molecule has 0 bridgehead atoms. The summed E-state index contributed by atoms with van der Waals surface area (Å²) in [5, 5.41) is 3.05. The Morgan fingerprint density at radius 3 is 1.20 bits per heavy atom. The number of unbranched alkanes of at least 4 members (excludes halogenated alkanes) is 42. The number of carbonyl (C=O) groups excluding carboxylic acids is 2. The first-order valence-electron chi connectivity index (χ1n) is 34.0. The van der Waals surface area contributed by atoms with Crippen LogP contribution in [-0.4, -0.2) is 74.3 Å². The summed E-state index contributed by atoms with van der Waals surface area (Å²) in [5.74, 6) is -0.507. The molecular weight excluding hydrogens is 1000 g/mol. The molecule has 0 aliphatic rings. The number of rotatable bonds is 62. The van der Waals surface area contributed by atoms with E-state index in [1.165, 1.54) is 218 Å². The molecule has 0 saturated carbocycles. The van der Waals surface area contributed by atoms with Gasteiger partial charge in [0.25, 0.3) is 0 Å². The first-order valence-corrected chi connectivity index (χ1v) is 35.5. The highest BCUT2D eigenvalue weighted by Crippen LogP contribution is 2.43. The highest BCUT2D eigenvalue weighted by atomic mass is 31.2. The quantitative estimate of drug-likeness (QED) is 0.0156. The summed E-state index contributed by atoms with van der Waals surface area (Å²) in [6.45, 7) is 6.91. The van der Waals surface area contributed by atoms with Gasteiger partial charge in [-0.05, 0) is 51.0 Å². The monoisotopic (exact) mass is 1130 g/mol.